The number of anilines is 1. The summed E-state index contributed by atoms with van der Waals surface area (Å²) in [5.74, 6) is 5.15. The number of fused-ring (bicyclic) bond motifs is 2. The Morgan fingerprint density at radius 1 is 0.936 bits per heavy atom. The van der Waals surface area contributed by atoms with Crippen LogP contribution in [0.4, 0.5) is 5.69 Å². The van der Waals surface area contributed by atoms with Gasteiger partial charge in [-0.1, -0.05) is 78.5 Å². The fourth-order valence-electron chi connectivity index (χ4n) is 10.0. The molecule has 0 spiro atoms. The summed E-state index contributed by atoms with van der Waals surface area (Å²) in [7, 11) is -0.0666. The molecule has 7 rings (SSSR count). The fraction of sp³-hybridized carbons (Fsp3) is 0.470. The van der Waals surface area contributed by atoms with Gasteiger partial charge in [0, 0.05) is 116 Å². The van der Waals surface area contributed by atoms with Gasteiger partial charge in [-0.2, -0.15) is 0 Å². The number of hydrogen-bond acceptors (Lipinski definition) is 19. The van der Waals surface area contributed by atoms with Crippen LogP contribution < -0.4 is 42.6 Å². The van der Waals surface area contributed by atoms with Crippen molar-refractivity contribution < 1.29 is 70.9 Å². The van der Waals surface area contributed by atoms with Gasteiger partial charge in [-0.05, 0) is 101 Å². The van der Waals surface area contributed by atoms with Crippen LogP contribution in [-0.2, 0) is 42.4 Å². The van der Waals surface area contributed by atoms with Crippen molar-refractivity contribution in [3.63, 3.8) is 0 Å². The van der Waals surface area contributed by atoms with Gasteiger partial charge in [0.05, 0.1) is 37.8 Å². The van der Waals surface area contributed by atoms with Crippen LogP contribution in [0.25, 0.3) is 33.4 Å². The maximum atomic E-state index is 14.3. The lowest BCUT2D eigenvalue weighted by Crippen LogP contribution is -2.35. The Kier molecular flexibility index (Phi) is 27.9. The summed E-state index contributed by atoms with van der Waals surface area (Å²) in [6.07, 6.45) is -1.76. The van der Waals surface area contributed by atoms with Crippen LogP contribution in [0, 0.1) is 25.7 Å². The van der Waals surface area contributed by atoms with E-state index in [1.807, 2.05) is 57.2 Å². The molecule has 5 atom stereocenters. The van der Waals surface area contributed by atoms with Crippen molar-refractivity contribution >= 4 is 69.7 Å². The van der Waals surface area contributed by atoms with Crippen LogP contribution in [0.1, 0.15) is 111 Å². The first kappa shape index (κ1) is 74.1. The molecule has 7 N–H and O–H groups in total. The molecule has 0 bridgehead atoms. The summed E-state index contributed by atoms with van der Waals surface area (Å²) in [6, 6.07) is 22.4. The van der Waals surface area contributed by atoms with Crippen LogP contribution in [0.15, 0.2) is 98.0 Å². The third-order valence-corrected chi connectivity index (χ3v) is 18.4. The van der Waals surface area contributed by atoms with E-state index in [9.17, 15) is 43.1 Å². The summed E-state index contributed by atoms with van der Waals surface area (Å²) < 4.78 is 58.5. The Labute approximate surface area is 554 Å². The molecule has 1 aliphatic carbocycles. The predicted molar refractivity (Wildman–Crippen MR) is 361 cm³/mol. The number of nitrogens with one attached hydrogen (secondary N) is 5. The first-order chi connectivity index (χ1) is 44.8. The van der Waals surface area contributed by atoms with E-state index >= 15 is 0 Å². The number of hydrogen-bond donors (Lipinski definition) is 7. The third kappa shape index (κ3) is 22.1. The van der Waals surface area contributed by atoms with E-state index in [2.05, 4.69) is 82.4 Å². The van der Waals surface area contributed by atoms with E-state index in [1.54, 1.807) is 60.9 Å². The van der Waals surface area contributed by atoms with Gasteiger partial charge in [0.1, 0.15) is 53.6 Å². The average Bonchev–Trinajstić information content (AvgIpc) is 0.897. The number of amides is 4. The number of nitrogens with zero attached hydrogens (tertiary/aromatic N) is 3. The molecule has 2 aliphatic heterocycles. The zero-order valence-corrected chi connectivity index (χ0v) is 57.1. The highest BCUT2D eigenvalue weighted by Gasteiger charge is 2.40. The number of aromatic nitrogens is 2. The first-order valence-corrected chi connectivity index (χ1v) is 34.8. The summed E-state index contributed by atoms with van der Waals surface area (Å²) >= 11 is 0. The molecule has 1 aromatic heterocycles. The number of rotatable bonds is 33. The highest BCUT2D eigenvalue weighted by Crippen LogP contribution is 2.44. The lowest BCUT2D eigenvalue weighted by Gasteiger charge is -2.22. The molecule has 94 heavy (non-hydrogen) atoms. The zero-order valence-electron chi connectivity index (χ0n) is 54.6. The Hall–Kier alpha value is -7.32. The highest BCUT2D eigenvalue weighted by molar-refractivity contribution is 8.77. The smallest absolute Gasteiger partial charge is 0.469 e. The van der Waals surface area contributed by atoms with Crippen molar-refractivity contribution in [2.45, 2.75) is 116 Å². The minimum absolute atomic E-state index is 0.0373. The molecule has 0 saturated carbocycles. The molecule has 3 aliphatic rings. The topological polar surface area (TPSA) is 322 Å². The van der Waals surface area contributed by atoms with Crippen LogP contribution in [0.2, 0.25) is 0 Å². The van der Waals surface area contributed by atoms with Gasteiger partial charge >= 0.3 is 13.5 Å². The molecule has 1 fully saturated rings. The van der Waals surface area contributed by atoms with Crippen LogP contribution >= 0.6 is 29.4 Å². The molecule has 3 aromatic carbocycles. The lowest BCUT2D eigenvalue weighted by atomic mass is 9.89. The molecule has 4 amide bonds. The molecule has 28 heteroatoms. The number of aryl methyl sites for hydroxylation is 2. The zero-order chi connectivity index (χ0) is 68.1. The molecule has 508 valence electrons. The molecule has 3 heterocycles. The average molecular weight is 1360 g/mol. The second-order valence-corrected chi connectivity index (χ2v) is 27.3. The predicted octanol–water partition coefficient (Wildman–Crippen LogP) is 7.67. The van der Waals surface area contributed by atoms with Crippen LogP contribution in [0.3, 0.4) is 0 Å². The van der Waals surface area contributed by atoms with Crippen molar-refractivity contribution in [3.8, 4) is 40.0 Å². The minimum Gasteiger partial charge on any atom is -0.490 e. The Bertz CT molecular complexity index is 3870. The lowest BCUT2D eigenvalue weighted by molar-refractivity contribution is -0.172. The summed E-state index contributed by atoms with van der Waals surface area (Å²) in [4.78, 5) is 106. The van der Waals surface area contributed by atoms with Crippen molar-refractivity contribution in [2.75, 3.05) is 91.3 Å². The number of H-pyrrole nitrogens is 1. The van der Waals surface area contributed by atoms with Gasteiger partial charge in [-0.15, -0.1) is 0 Å². The van der Waals surface area contributed by atoms with Crippen molar-refractivity contribution in [2.24, 2.45) is 4.99 Å². The van der Waals surface area contributed by atoms with Gasteiger partial charge < -0.3 is 68.8 Å². The van der Waals surface area contributed by atoms with E-state index in [-0.39, 0.29) is 86.9 Å². The van der Waals surface area contributed by atoms with Crippen molar-refractivity contribution in [3.05, 3.63) is 133 Å². The van der Waals surface area contributed by atoms with Gasteiger partial charge in [-0.25, -0.2) is 9.36 Å². The maximum Gasteiger partial charge on any atom is 0.469 e. The Morgan fingerprint density at radius 3 is 2.46 bits per heavy atom. The van der Waals surface area contributed by atoms with Gasteiger partial charge in [-0.3, -0.25) is 43.0 Å². The molecular weight excluding hydrogens is 1270 g/mol. The largest absolute Gasteiger partial charge is 0.490 e. The number of ether oxygens (including phenoxy) is 6. The van der Waals surface area contributed by atoms with Gasteiger partial charge in [0.25, 0.3) is 17.4 Å². The number of carbonyl (C=O) groups excluding carboxylic acids is 4. The third-order valence-electron chi connectivity index (χ3n) is 14.4. The molecule has 2 unspecified atom stereocenters. The maximum absolute atomic E-state index is 14.3. The number of benzene rings is 4. The van der Waals surface area contributed by atoms with Crippen molar-refractivity contribution in [1.29, 1.82) is 0 Å². The normalized spacial score (nSPS) is 15.7. The van der Waals surface area contributed by atoms with Crippen LogP contribution in [0.5, 0.6) is 5.75 Å². The minimum atomic E-state index is -4.86. The van der Waals surface area contributed by atoms with Gasteiger partial charge in [0.2, 0.25) is 11.8 Å². The monoisotopic (exact) mass is 1360 g/mol. The summed E-state index contributed by atoms with van der Waals surface area (Å²) in [5, 5.41) is 13.4. The Morgan fingerprint density at radius 2 is 1.71 bits per heavy atom. The van der Waals surface area contributed by atoms with Crippen molar-refractivity contribution in [1.82, 2.24) is 30.4 Å². The van der Waals surface area contributed by atoms with E-state index in [4.69, 9.17) is 37.8 Å². The molecule has 0 radical (unpaired) electrons. The fourth-order valence-corrected chi connectivity index (χ4v) is 12.5. The standard InChI is InChI=1S/C66H85N8O17PS2/c1-11-67-51-34-53-49(31-41(51)4)61(50-32-42(5)52(68-12-2)35-54(50)90-53)47-22-14-15-23-48(47)64(79)73(10)28-18-24-57(75)70-26-27-71-62(77)44-19-16-21-46(33-44)87-40-60(93-94-66(7,8)9)86-30-29-84-39-58(76)69-25-17-20-45-37-74(65(80)72-63(45)78)59-36-55(89-43(6)85-13-3)56(91-59)38-88-92(81,82)83/h14-16,19,21-23,31-35,37,43,55-56,59-60,67H,11-13,18,24-30,36,38-40H2,1-10H3,(H,69,76)(H,70,75)(H,71,77)(H,72,78,80)(H2,81,82,83)/t43-,55?,56+,59+,60?/m0/s1. The number of aromatic amines is 1. The second-order valence-electron chi connectivity index (χ2n) is 22.9. The molecule has 25 nitrogen and oxygen atoms in total. The number of phosphoric acid groups is 1. The first-order valence-electron chi connectivity index (χ1n) is 31.0. The summed E-state index contributed by atoms with van der Waals surface area (Å²) in [5.41, 5.74) is 4.89. The second kappa shape index (κ2) is 35.4. The quantitative estimate of drug-likeness (QED) is 0.00519. The number of carbonyl (C=O) groups is 4. The Balaban J connectivity index is 0.829. The highest BCUT2D eigenvalue weighted by atomic mass is 33.1. The van der Waals surface area contributed by atoms with Crippen LogP contribution in [-0.4, -0.2) is 163 Å². The molecular formula is C66H85N8O17PS2. The van der Waals surface area contributed by atoms with E-state index in [0.29, 0.717) is 54.3 Å². The number of phosphoric ester groups is 1. The van der Waals surface area contributed by atoms with E-state index < -0.39 is 61.7 Å². The molecule has 1 saturated heterocycles. The SMILES string of the molecule is CCN=c1cc2oc3cc(NCC)c(C)cc3c(-c3ccccc3C(=O)N(C)CCCC(=O)NCCNC(=O)c3cccc(OCC(OCCOCC(=O)NCC#Cc4cn([C@H]5CC(O[C@@H](C)OCC)[C@@H](COP(=O)(O)O)O5)c(=O)[nH]c4=O)SSC(C)(C)C)c3)c-2cc1C. The molecule has 4 aromatic rings. The van der Waals surface area contributed by atoms with Gasteiger partial charge in [0.15, 0.2) is 6.29 Å². The summed E-state index contributed by atoms with van der Waals surface area (Å²) in [6.45, 7) is 19.3. The van der Waals surface area contributed by atoms with E-state index in [0.717, 1.165) is 55.4 Å². The van der Waals surface area contributed by atoms with E-state index in [1.165, 1.54) is 17.0 Å².